The lowest BCUT2D eigenvalue weighted by Crippen LogP contribution is -2.37. The molecule has 3 fully saturated rings. The average Bonchev–Trinajstić information content (AvgIpc) is 2.26. The zero-order chi connectivity index (χ0) is 9.38. The molecule has 2 aliphatic carbocycles. The van der Waals surface area contributed by atoms with E-state index in [-0.39, 0.29) is 0 Å². The molecule has 80 valence electrons. The van der Waals surface area contributed by atoms with Gasteiger partial charge in [0.05, 0.1) is 0 Å². The van der Waals surface area contributed by atoms with E-state index in [1.165, 1.54) is 38.5 Å². The fraction of sp³-hybridized carbons (Fsp3) is 1.00. The number of hydrogen-bond donors (Lipinski definition) is 0. The van der Waals surface area contributed by atoms with Crippen LogP contribution in [-0.4, -0.2) is 10.5 Å². The first-order chi connectivity index (χ1) is 6.93. The smallest absolute Gasteiger partial charge is 0.0290 e. The minimum atomic E-state index is 0.977. The maximum Gasteiger partial charge on any atom is 0.0290 e. The van der Waals surface area contributed by atoms with Gasteiger partial charge in [-0.2, -0.15) is 0 Å². The lowest BCUT2D eigenvalue weighted by Gasteiger charge is -2.44. The van der Waals surface area contributed by atoms with Gasteiger partial charge in [-0.25, -0.2) is 0 Å². The second-order valence-electron chi connectivity index (χ2n) is 4.68. The van der Waals surface area contributed by atoms with E-state index in [2.05, 4.69) is 21.6 Å². The summed E-state index contributed by atoms with van der Waals surface area (Å²) in [5.74, 6) is 2.20. The first-order valence-electron chi connectivity index (χ1n) is 5.59. The van der Waals surface area contributed by atoms with Gasteiger partial charge in [-0.3, -0.25) is 0 Å². The molecule has 0 aromatic heterocycles. The third-order valence-electron chi connectivity index (χ3n) is 3.90. The lowest BCUT2D eigenvalue weighted by molar-refractivity contribution is 0.179. The first kappa shape index (κ1) is 10.5. The Hall–Kier alpha value is 1.40. The van der Waals surface area contributed by atoms with Crippen molar-refractivity contribution >= 4 is 41.2 Å². The molecule has 3 rings (SSSR count). The summed E-state index contributed by atoms with van der Waals surface area (Å²) in [4.78, 5) is 0. The molecule has 4 atom stereocenters. The van der Waals surface area contributed by atoms with Gasteiger partial charge in [-0.15, -0.1) is 0 Å². The third-order valence-corrected chi connectivity index (χ3v) is 11.4. The molecular weight excluding hydrogens is 248 g/mol. The van der Waals surface area contributed by atoms with Gasteiger partial charge in [0.15, 0.2) is 0 Å². The number of rotatable bonds is 0. The quantitative estimate of drug-likeness (QED) is 0.563. The summed E-state index contributed by atoms with van der Waals surface area (Å²) in [6.07, 6.45) is 9.16. The van der Waals surface area contributed by atoms with Gasteiger partial charge in [0.2, 0.25) is 0 Å². The van der Waals surface area contributed by atoms with Crippen LogP contribution in [0.4, 0.5) is 0 Å². The second-order valence-corrected chi connectivity index (χ2v) is 11.0. The van der Waals surface area contributed by atoms with E-state index in [1.807, 2.05) is 19.7 Å². The Labute approximate surface area is 102 Å². The Kier molecular flexibility index (Phi) is 3.56. The topological polar surface area (TPSA) is 0 Å². The standard InChI is InChI=1S/C10H16S4/c1-2-4-8-6-10-9(5-7(8)3-1)11-13-14-12-10/h7-10H,1-6H2. The highest BCUT2D eigenvalue weighted by Crippen LogP contribution is 2.60. The molecule has 2 saturated carbocycles. The summed E-state index contributed by atoms with van der Waals surface area (Å²) in [6, 6.07) is 0. The molecular formula is C10H16S4. The van der Waals surface area contributed by atoms with Crippen molar-refractivity contribution < 1.29 is 0 Å². The van der Waals surface area contributed by atoms with Crippen LogP contribution >= 0.6 is 41.2 Å². The van der Waals surface area contributed by atoms with E-state index in [0.717, 1.165) is 22.3 Å². The molecule has 0 nitrogen and oxygen atoms in total. The van der Waals surface area contributed by atoms with Crippen molar-refractivity contribution in [1.82, 2.24) is 0 Å². The van der Waals surface area contributed by atoms with Crippen LogP contribution in [0.5, 0.6) is 0 Å². The van der Waals surface area contributed by atoms with E-state index in [9.17, 15) is 0 Å². The Morgan fingerprint density at radius 1 is 0.714 bits per heavy atom. The molecule has 0 aromatic carbocycles. The van der Waals surface area contributed by atoms with Crippen LogP contribution in [-0.2, 0) is 0 Å². The molecule has 0 aromatic rings. The maximum atomic E-state index is 2.16. The van der Waals surface area contributed by atoms with Gasteiger partial charge >= 0.3 is 0 Å². The highest BCUT2D eigenvalue weighted by molar-refractivity contribution is 9.27. The van der Waals surface area contributed by atoms with Gasteiger partial charge in [-0.05, 0) is 44.3 Å². The van der Waals surface area contributed by atoms with Crippen LogP contribution in [0.2, 0.25) is 0 Å². The fourth-order valence-corrected chi connectivity index (χ4v) is 11.5. The molecule has 3 aliphatic rings. The van der Waals surface area contributed by atoms with Crippen molar-refractivity contribution in [1.29, 1.82) is 0 Å². The highest BCUT2D eigenvalue weighted by atomic mass is 33.7. The number of hydrogen-bond acceptors (Lipinski definition) is 4. The van der Waals surface area contributed by atoms with Gasteiger partial charge in [0.1, 0.15) is 0 Å². The fourth-order valence-electron chi connectivity index (χ4n) is 3.14. The molecule has 1 aliphatic heterocycles. The van der Waals surface area contributed by atoms with Gasteiger partial charge in [0, 0.05) is 10.5 Å². The van der Waals surface area contributed by atoms with Crippen LogP contribution in [0.1, 0.15) is 38.5 Å². The largest absolute Gasteiger partial charge is 0.0771 e. The van der Waals surface area contributed by atoms with Crippen molar-refractivity contribution in [3.63, 3.8) is 0 Å². The van der Waals surface area contributed by atoms with E-state index >= 15 is 0 Å². The Morgan fingerprint density at radius 2 is 1.21 bits per heavy atom. The molecule has 0 bridgehead atoms. The SMILES string of the molecule is C1CCC2CC3SSSSC3CC2C1. The zero-order valence-electron chi connectivity index (χ0n) is 8.19. The summed E-state index contributed by atoms with van der Waals surface area (Å²) in [6.45, 7) is 0. The summed E-state index contributed by atoms with van der Waals surface area (Å²) < 4.78 is 0. The highest BCUT2D eigenvalue weighted by Gasteiger charge is 2.40. The summed E-state index contributed by atoms with van der Waals surface area (Å²) >= 11 is 0. The molecule has 1 heterocycles. The summed E-state index contributed by atoms with van der Waals surface area (Å²) in [7, 11) is 8.36. The van der Waals surface area contributed by atoms with E-state index in [4.69, 9.17) is 0 Å². The second kappa shape index (κ2) is 4.72. The molecule has 14 heavy (non-hydrogen) atoms. The summed E-state index contributed by atoms with van der Waals surface area (Å²) in [5.41, 5.74) is 0. The van der Waals surface area contributed by atoms with Crippen LogP contribution < -0.4 is 0 Å². The van der Waals surface area contributed by atoms with Crippen LogP contribution in [0.3, 0.4) is 0 Å². The van der Waals surface area contributed by atoms with Crippen LogP contribution in [0, 0.1) is 11.8 Å². The normalized spacial score (nSPS) is 48.0. The average molecular weight is 265 g/mol. The summed E-state index contributed by atoms with van der Waals surface area (Å²) in [5, 5.41) is 1.95. The third kappa shape index (κ3) is 2.09. The monoisotopic (exact) mass is 264 g/mol. The van der Waals surface area contributed by atoms with E-state index < -0.39 is 0 Å². The number of fused-ring (bicyclic) bond motifs is 2. The Balaban J connectivity index is 1.68. The Bertz CT molecular complexity index is 166. The van der Waals surface area contributed by atoms with Crippen molar-refractivity contribution in [2.75, 3.05) is 0 Å². The van der Waals surface area contributed by atoms with Crippen molar-refractivity contribution in [2.45, 2.75) is 49.0 Å². The van der Waals surface area contributed by atoms with Gasteiger partial charge < -0.3 is 0 Å². The molecule has 4 heteroatoms. The van der Waals surface area contributed by atoms with Crippen LogP contribution in [0.15, 0.2) is 0 Å². The molecule has 0 N–H and O–H groups in total. The van der Waals surface area contributed by atoms with Crippen LogP contribution in [0.25, 0.3) is 0 Å². The predicted molar refractivity (Wildman–Crippen MR) is 72.6 cm³/mol. The molecule has 0 radical (unpaired) electrons. The molecule has 1 saturated heterocycles. The minimum absolute atomic E-state index is 0.977. The van der Waals surface area contributed by atoms with Gasteiger partial charge in [-0.1, -0.05) is 47.3 Å². The molecule has 0 amide bonds. The lowest BCUT2D eigenvalue weighted by atomic mass is 9.70. The Morgan fingerprint density at radius 3 is 1.71 bits per heavy atom. The maximum absolute atomic E-state index is 2.16. The van der Waals surface area contributed by atoms with E-state index in [0.29, 0.717) is 0 Å². The predicted octanol–water partition coefficient (Wildman–Crippen LogP) is 5.02. The minimum Gasteiger partial charge on any atom is -0.0771 e. The molecule has 0 spiro atoms. The van der Waals surface area contributed by atoms with Crippen molar-refractivity contribution in [2.24, 2.45) is 11.8 Å². The van der Waals surface area contributed by atoms with Gasteiger partial charge in [0.25, 0.3) is 0 Å². The first-order valence-corrected chi connectivity index (χ1v) is 10.5. The van der Waals surface area contributed by atoms with E-state index in [1.54, 1.807) is 0 Å². The zero-order valence-corrected chi connectivity index (χ0v) is 11.5. The van der Waals surface area contributed by atoms with Crippen molar-refractivity contribution in [3.05, 3.63) is 0 Å². The van der Waals surface area contributed by atoms with Crippen molar-refractivity contribution in [3.8, 4) is 0 Å². The molecule has 4 unspecified atom stereocenters.